The lowest BCUT2D eigenvalue weighted by Gasteiger charge is -2.24. The Morgan fingerprint density at radius 1 is 1.53 bits per heavy atom. The lowest BCUT2D eigenvalue weighted by molar-refractivity contribution is -0.121. The summed E-state index contributed by atoms with van der Waals surface area (Å²) in [5.41, 5.74) is 0. The van der Waals surface area contributed by atoms with Crippen molar-refractivity contribution < 1.29 is 4.79 Å². The van der Waals surface area contributed by atoms with E-state index in [0.29, 0.717) is 12.5 Å². The maximum atomic E-state index is 11.3. The second kappa shape index (κ2) is 6.08. The Bertz CT molecular complexity index is 204. The molecule has 1 rings (SSSR count). The summed E-state index contributed by atoms with van der Waals surface area (Å²) in [5.74, 6) is 0.139. The first kappa shape index (κ1) is 12.5. The summed E-state index contributed by atoms with van der Waals surface area (Å²) < 4.78 is 0. The van der Waals surface area contributed by atoms with Gasteiger partial charge in [0.05, 0.1) is 0 Å². The van der Waals surface area contributed by atoms with Crippen LogP contribution in [0.2, 0.25) is 0 Å². The summed E-state index contributed by atoms with van der Waals surface area (Å²) in [6.45, 7) is 3.67. The Balaban J connectivity index is 2.09. The molecule has 1 unspecified atom stereocenters. The molecule has 15 heavy (non-hydrogen) atoms. The summed E-state index contributed by atoms with van der Waals surface area (Å²) in [6, 6.07) is 1.20. The molecule has 1 atom stereocenters. The van der Waals surface area contributed by atoms with Crippen LogP contribution in [0.1, 0.15) is 26.2 Å². The fourth-order valence-electron chi connectivity index (χ4n) is 1.57. The normalized spacial score (nSPS) is 17.9. The molecule has 1 saturated carbocycles. The SMILES string of the molecule is CNCCC(=O)NCC(C)N(C)C1CC1. The lowest BCUT2D eigenvalue weighted by atomic mass is 10.3. The largest absolute Gasteiger partial charge is 0.355 e. The quantitative estimate of drug-likeness (QED) is 0.635. The number of carbonyl (C=O) groups excluding carboxylic acids is 1. The molecule has 88 valence electrons. The van der Waals surface area contributed by atoms with Crippen molar-refractivity contribution in [1.29, 1.82) is 0 Å². The van der Waals surface area contributed by atoms with Gasteiger partial charge in [-0.3, -0.25) is 9.69 Å². The Hall–Kier alpha value is -0.610. The van der Waals surface area contributed by atoms with Crippen LogP contribution < -0.4 is 10.6 Å². The van der Waals surface area contributed by atoms with Crippen LogP contribution in [0.25, 0.3) is 0 Å². The topological polar surface area (TPSA) is 44.4 Å². The van der Waals surface area contributed by atoms with E-state index < -0.39 is 0 Å². The first-order valence-electron chi connectivity index (χ1n) is 5.78. The van der Waals surface area contributed by atoms with E-state index in [9.17, 15) is 4.79 Å². The first-order valence-corrected chi connectivity index (χ1v) is 5.78. The van der Waals surface area contributed by atoms with Crippen molar-refractivity contribution in [2.24, 2.45) is 0 Å². The van der Waals surface area contributed by atoms with Gasteiger partial charge in [-0.15, -0.1) is 0 Å². The highest BCUT2D eigenvalue weighted by Gasteiger charge is 2.28. The van der Waals surface area contributed by atoms with E-state index in [1.807, 2.05) is 7.05 Å². The van der Waals surface area contributed by atoms with Crippen molar-refractivity contribution in [2.75, 3.05) is 27.2 Å². The summed E-state index contributed by atoms with van der Waals surface area (Å²) >= 11 is 0. The summed E-state index contributed by atoms with van der Waals surface area (Å²) in [5, 5.41) is 5.93. The molecule has 0 aromatic heterocycles. The van der Waals surface area contributed by atoms with Gasteiger partial charge in [-0.2, -0.15) is 0 Å². The summed E-state index contributed by atoms with van der Waals surface area (Å²) in [7, 11) is 4.00. The zero-order valence-electron chi connectivity index (χ0n) is 10.0. The monoisotopic (exact) mass is 213 g/mol. The van der Waals surface area contributed by atoms with Gasteiger partial charge in [0, 0.05) is 31.6 Å². The molecule has 2 N–H and O–H groups in total. The zero-order valence-corrected chi connectivity index (χ0v) is 10.0. The maximum Gasteiger partial charge on any atom is 0.221 e. The number of likely N-dealkylation sites (N-methyl/N-ethyl adjacent to an activating group) is 1. The van der Waals surface area contributed by atoms with E-state index >= 15 is 0 Å². The number of nitrogens with zero attached hydrogens (tertiary/aromatic N) is 1. The Morgan fingerprint density at radius 2 is 2.20 bits per heavy atom. The lowest BCUT2D eigenvalue weighted by Crippen LogP contribution is -2.41. The molecule has 0 aromatic carbocycles. The van der Waals surface area contributed by atoms with Gasteiger partial charge in [0.15, 0.2) is 0 Å². The third-order valence-corrected chi connectivity index (χ3v) is 3.01. The van der Waals surface area contributed by atoms with E-state index in [4.69, 9.17) is 0 Å². The number of hydrogen-bond acceptors (Lipinski definition) is 3. The Labute approximate surface area is 92.4 Å². The van der Waals surface area contributed by atoms with Gasteiger partial charge < -0.3 is 10.6 Å². The molecular formula is C11H23N3O. The molecule has 1 aliphatic carbocycles. The van der Waals surface area contributed by atoms with Crippen LogP contribution in [-0.4, -0.2) is 50.1 Å². The molecule has 1 aliphatic rings. The smallest absolute Gasteiger partial charge is 0.221 e. The molecule has 0 aliphatic heterocycles. The molecule has 4 heteroatoms. The highest BCUT2D eigenvalue weighted by Crippen LogP contribution is 2.26. The number of amides is 1. The van der Waals surface area contributed by atoms with Gasteiger partial charge in [0.25, 0.3) is 0 Å². The molecular weight excluding hydrogens is 190 g/mol. The maximum absolute atomic E-state index is 11.3. The van der Waals surface area contributed by atoms with Crippen molar-refractivity contribution in [3.63, 3.8) is 0 Å². The van der Waals surface area contributed by atoms with Gasteiger partial charge >= 0.3 is 0 Å². The van der Waals surface area contributed by atoms with Gasteiger partial charge in [-0.1, -0.05) is 0 Å². The Morgan fingerprint density at radius 3 is 2.73 bits per heavy atom. The first-order chi connectivity index (χ1) is 7.15. The number of hydrogen-bond donors (Lipinski definition) is 2. The van der Waals surface area contributed by atoms with E-state index in [2.05, 4.69) is 29.5 Å². The van der Waals surface area contributed by atoms with Crippen molar-refractivity contribution in [1.82, 2.24) is 15.5 Å². The molecule has 0 bridgehead atoms. The van der Waals surface area contributed by atoms with Crippen molar-refractivity contribution in [3.05, 3.63) is 0 Å². The van der Waals surface area contributed by atoms with Crippen LogP contribution in [-0.2, 0) is 4.79 Å². The standard InChI is InChI=1S/C11H23N3O/c1-9(14(3)10-4-5-10)8-13-11(15)6-7-12-2/h9-10,12H,4-8H2,1-3H3,(H,13,15). The molecule has 0 aromatic rings. The van der Waals surface area contributed by atoms with Crippen LogP contribution in [0.3, 0.4) is 0 Å². The molecule has 0 heterocycles. The van der Waals surface area contributed by atoms with Gasteiger partial charge in [-0.05, 0) is 33.9 Å². The molecule has 1 fully saturated rings. The number of rotatable bonds is 7. The second-order valence-corrected chi connectivity index (χ2v) is 4.40. The van der Waals surface area contributed by atoms with Gasteiger partial charge in [0.2, 0.25) is 5.91 Å². The van der Waals surface area contributed by atoms with E-state index in [-0.39, 0.29) is 5.91 Å². The van der Waals surface area contributed by atoms with Crippen molar-refractivity contribution in [2.45, 2.75) is 38.3 Å². The molecule has 4 nitrogen and oxygen atoms in total. The van der Waals surface area contributed by atoms with Gasteiger partial charge in [-0.25, -0.2) is 0 Å². The zero-order chi connectivity index (χ0) is 11.3. The average molecular weight is 213 g/mol. The minimum atomic E-state index is 0.139. The van der Waals surface area contributed by atoms with Crippen molar-refractivity contribution in [3.8, 4) is 0 Å². The minimum Gasteiger partial charge on any atom is -0.355 e. The minimum absolute atomic E-state index is 0.139. The van der Waals surface area contributed by atoms with Crippen LogP contribution in [0.5, 0.6) is 0 Å². The number of nitrogens with one attached hydrogen (secondary N) is 2. The third-order valence-electron chi connectivity index (χ3n) is 3.01. The number of carbonyl (C=O) groups is 1. The molecule has 0 radical (unpaired) electrons. The van der Waals surface area contributed by atoms with E-state index in [0.717, 1.165) is 19.1 Å². The molecule has 0 spiro atoms. The highest BCUT2D eigenvalue weighted by atomic mass is 16.1. The molecule has 1 amide bonds. The molecule has 0 saturated heterocycles. The predicted molar refractivity (Wildman–Crippen MR) is 61.8 cm³/mol. The fourth-order valence-corrected chi connectivity index (χ4v) is 1.57. The van der Waals surface area contributed by atoms with E-state index in [1.54, 1.807) is 0 Å². The highest BCUT2D eigenvalue weighted by molar-refractivity contribution is 5.76. The average Bonchev–Trinajstić information content (AvgIpc) is 3.05. The van der Waals surface area contributed by atoms with E-state index in [1.165, 1.54) is 12.8 Å². The summed E-state index contributed by atoms with van der Waals surface area (Å²) in [6.07, 6.45) is 3.19. The van der Waals surface area contributed by atoms with Crippen LogP contribution in [0.15, 0.2) is 0 Å². The second-order valence-electron chi connectivity index (χ2n) is 4.40. The summed E-state index contributed by atoms with van der Waals surface area (Å²) in [4.78, 5) is 13.7. The predicted octanol–water partition coefficient (Wildman–Crippen LogP) is 0.195. The fraction of sp³-hybridized carbons (Fsp3) is 0.909. The van der Waals surface area contributed by atoms with Crippen molar-refractivity contribution >= 4 is 5.91 Å². The van der Waals surface area contributed by atoms with Gasteiger partial charge in [0.1, 0.15) is 0 Å². The van der Waals surface area contributed by atoms with Crippen LogP contribution in [0.4, 0.5) is 0 Å². The third kappa shape index (κ3) is 4.62. The Kier molecular flexibility index (Phi) is 5.05. The van der Waals surface area contributed by atoms with Crippen LogP contribution in [0, 0.1) is 0 Å². The van der Waals surface area contributed by atoms with Crippen LogP contribution >= 0.6 is 0 Å².